The number of rotatable bonds is 3. The summed E-state index contributed by atoms with van der Waals surface area (Å²) in [5, 5.41) is 0. The van der Waals surface area contributed by atoms with E-state index in [0.717, 1.165) is 31.0 Å². The molecule has 0 aromatic heterocycles. The van der Waals surface area contributed by atoms with Crippen molar-refractivity contribution in [2.45, 2.75) is 25.4 Å². The molecule has 3 unspecified atom stereocenters. The van der Waals surface area contributed by atoms with Crippen LogP contribution in [0.25, 0.3) is 0 Å². The molecule has 1 aliphatic heterocycles. The fraction of sp³-hybridized carbons (Fsp3) is 0.571. The number of fused-ring (bicyclic) bond motifs is 2. The fourth-order valence-corrected chi connectivity index (χ4v) is 3.59. The van der Waals surface area contributed by atoms with E-state index < -0.39 is 0 Å². The first-order chi connectivity index (χ1) is 7.88. The molecule has 0 radical (unpaired) electrons. The number of piperidine rings is 1. The smallest absolute Gasteiger partial charge is 0.0236 e. The first-order valence-electron chi connectivity index (χ1n) is 6.36. The molecule has 0 amide bonds. The van der Waals surface area contributed by atoms with Gasteiger partial charge in [0.1, 0.15) is 0 Å². The second-order valence-corrected chi connectivity index (χ2v) is 5.22. The van der Waals surface area contributed by atoms with Crippen molar-refractivity contribution in [3.63, 3.8) is 0 Å². The zero-order chi connectivity index (χ0) is 11.0. The van der Waals surface area contributed by atoms with Crippen molar-refractivity contribution in [3.8, 4) is 0 Å². The highest BCUT2D eigenvalue weighted by Crippen LogP contribution is 2.42. The summed E-state index contributed by atoms with van der Waals surface area (Å²) in [4.78, 5) is 2.64. The second kappa shape index (κ2) is 4.19. The Morgan fingerprint density at radius 2 is 2.00 bits per heavy atom. The molecule has 2 N–H and O–H groups in total. The van der Waals surface area contributed by atoms with Gasteiger partial charge in [-0.25, -0.2) is 0 Å². The third-order valence-corrected chi connectivity index (χ3v) is 4.37. The summed E-state index contributed by atoms with van der Waals surface area (Å²) in [6.45, 7) is 3.25. The van der Waals surface area contributed by atoms with E-state index in [1.54, 1.807) is 0 Å². The largest absolute Gasteiger partial charge is 0.330 e. The van der Waals surface area contributed by atoms with Gasteiger partial charge >= 0.3 is 0 Å². The van der Waals surface area contributed by atoms with E-state index in [2.05, 4.69) is 35.2 Å². The van der Waals surface area contributed by atoms with Crippen molar-refractivity contribution in [2.24, 2.45) is 17.6 Å². The molecule has 1 aromatic carbocycles. The fourth-order valence-electron chi connectivity index (χ4n) is 3.59. The van der Waals surface area contributed by atoms with Crippen LogP contribution >= 0.6 is 0 Å². The number of hydrogen-bond donors (Lipinski definition) is 1. The van der Waals surface area contributed by atoms with E-state index in [4.69, 9.17) is 5.73 Å². The van der Waals surface area contributed by atoms with Crippen LogP contribution in [0.15, 0.2) is 30.3 Å². The Morgan fingerprint density at radius 1 is 1.19 bits per heavy atom. The van der Waals surface area contributed by atoms with Gasteiger partial charge < -0.3 is 5.73 Å². The molecule has 2 bridgehead atoms. The lowest BCUT2D eigenvalue weighted by Crippen LogP contribution is -2.34. The van der Waals surface area contributed by atoms with Crippen LogP contribution < -0.4 is 5.73 Å². The molecule has 0 spiro atoms. The van der Waals surface area contributed by atoms with Crippen LogP contribution in [0.4, 0.5) is 0 Å². The van der Waals surface area contributed by atoms with Gasteiger partial charge in [0.2, 0.25) is 0 Å². The summed E-state index contributed by atoms with van der Waals surface area (Å²) in [6.07, 6.45) is 2.76. The van der Waals surface area contributed by atoms with Crippen molar-refractivity contribution >= 4 is 0 Å². The monoisotopic (exact) mass is 216 g/mol. The van der Waals surface area contributed by atoms with E-state index in [1.807, 2.05) is 0 Å². The summed E-state index contributed by atoms with van der Waals surface area (Å²) >= 11 is 0. The third kappa shape index (κ3) is 1.66. The molecule has 1 saturated carbocycles. The standard InChI is InChI=1S/C14H20N2/c15-8-13-12-6-7-14(13)16(10-12)9-11-4-2-1-3-5-11/h1-5,12-14H,6-10,15H2. The number of benzene rings is 1. The SMILES string of the molecule is NCC1C2CCC1N(Cc1ccccc1)C2. The van der Waals surface area contributed by atoms with Gasteiger partial charge in [-0.05, 0) is 36.8 Å². The quantitative estimate of drug-likeness (QED) is 0.835. The first kappa shape index (κ1) is 10.3. The van der Waals surface area contributed by atoms with Crippen LogP contribution in [0.5, 0.6) is 0 Å². The van der Waals surface area contributed by atoms with Gasteiger partial charge in [0, 0.05) is 19.1 Å². The molecule has 1 heterocycles. The summed E-state index contributed by atoms with van der Waals surface area (Å²) in [5.74, 6) is 1.64. The Labute approximate surface area is 97.4 Å². The molecular formula is C14H20N2. The number of likely N-dealkylation sites (tertiary alicyclic amines) is 1. The molecule has 2 heteroatoms. The molecule has 1 saturated heterocycles. The molecule has 1 aromatic rings. The number of hydrogen-bond acceptors (Lipinski definition) is 2. The maximum absolute atomic E-state index is 5.88. The molecule has 3 atom stereocenters. The van der Waals surface area contributed by atoms with E-state index in [1.165, 1.54) is 24.9 Å². The van der Waals surface area contributed by atoms with Crippen molar-refractivity contribution in [3.05, 3.63) is 35.9 Å². The highest BCUT2D eigenvalue weighted by Gasteiger charge is 2.45. The molecule has 1 aliphatic carbocycles. The minimum atomic E-state index is 0.759. The van der Waals surface area contributed by atoms with Gasteiger partial charge in [0.25, 0.3) is 0 Å². The van der Waals surface area contributed by atoms with Gasteiger partial charge in [0.05, 0.1) is 0 Å². The zero-order valence-electron chi connectivity index (χ0n) is 9.68. The van der Waals surface area contributed by atoms with Crippen molar-refractivity contribution in [1.29, 1.82) is 0 Å². The summed E-state index contributed by atoms with van der Waals surface area (Å²) in [5.41, 5.74) is 7.32. The van der Waals surface area contributed by atoms with Crippen LogP contribution in [0.3, 0.4) is 0 Å². The van der Waals surface area contributed by atoms with Crippen LogP contribution in [0, 0.1) is 11.8 Å². The van der Waals surface area contributed by atoms with E-state index >= 15 is 0 Å². The van der Waals surface area contributed by atoms with Gasteiger partial charge in [0.15, 0.2) is 0 Å². The topological polar surface area (TPSA) is 29.3 Å². The summed E-state index contributed by atoms with van der Waals surface area (Å²) < 4.78 is 0. The Bertz CT molecular complexity index is 349. The third-order valence-electron chi connectivity index (χ3n) is 4.37. The minimum Gasteiger partial charge on any atom is -0.330 e. The van der Waals surface area contributed by atoms with Crippen molar-refractivity contribution in [2.75, 3.05) is 13.1 Å². The predicted molar refractivity (Wildman–Crippen MR) is 65.9 cm³/mol. The average molecular weight is 216 g/mol. The lowest BCUT2D eigenvalue weighted by molar-refractivity contribution is 0.198. The average Bonchev–Trinajstić information content (AvgIpc) is 2.86. The van der Waals surface area contributed by atoms with Gasteiger partial charge in [-0.1, -0.05) is 30.3 Å². The van der Waals surface area contributed by atoms with Crippen LogP contribution in [-0.2, 0) is 6.54 Å². The zero-order valence-corrected chi connectivity index (χ0v) is 9.68. The van der Waals surface area contributed by atoms with Crippen LogP contribution in [0.2, 0.25) is 0 Å². The van der Waals surface area contributed by atoms with Gasteiger partial charge in [-0.3, -0.25) is 4.90 Å². The van der Waals surface area contributed by atoms with Crippen molar-refractivity contribution in [1.82, 2.24) is 4.90 Å². The maximum atomic E-state index is 5.88. The Hall–Kier alpha value is -0.860. The van der Waals surface area contributed by atoms with Gasteiger partial charge in [-0.15, -0.1) is 0 Å². The Balaban J connectivity index is 1.70. The lowest BCUT2D eigenvalue weighted by atomic mass is 9.99. The van der Waals surface area contributed by atoms with E-state index in [0.29, 0.717) is 0 Å². The molecule has 16 heavy (non-hydrogen) atoms. The highest BCUT2D eigenvalue weighted by atomic mass is 15.2. The van der Waals surface area contributed by atoms with Crippen LogP contribution in [0.1, 0.15) is 18.4 Å². The molecule has 3 rings (SSSR count). The summed E-state index contributed by atoms with van der Waals surface area (Å²) in [6, 6.07) is 11.6. The minimum absolute atomic E-state index is 0.759. The normalized spacial score (nSPS) is 33.4. The Morgan fingerprint density at radius 3 is 2.69 bits per heavy atom. The van der Waals surface area contributed by atoms with Crippen molar-refractivity contribution < 1.29 is 0 Å². The van der Waals surface area contributed by atoms with Crippen LogP contribution in [-0.4, -0.2) is 24.0 Å². The molecular weight excluding hydrogens is 196 g/mol. The predicted octanol–water partition coefficient (Wildman–Crippen LogP) is 1.86. The maximum Gasteiger partial charge on any atom is 0.0236 e. The second-order valence-electron chi connectivity index (χ2n) is 5.22. The van der Waals surface area contributed by atoms with Gasteiger partial charge in [-0.2, -0.15) is 0 Å². The summed E-state index contributed by atoms with van der Waals surface area (Å²) in [7, 11) is 0. The molecule has 2 aliphatic rings. The Kier molecular flexibility index (Phi) is 2.70. The molecule has 2 nitrogen and oxygen atoms in total. The number of nitrogens with two attached hydrogens (primary N) is 1. The number of nitrogens with zero attached hydrogens (tertiary/aromatic N) is 1. The molecule has 86 valence electrons. The first-order valence-corrected chi connectivity index (χ1v) is 6.36. The van der Waals surface area contributed by atoms with E-state index in [-0.39, 0.29) is 0 Å². The molecule has 2 fully saturated rings. The van der Waals surface area contributed by atoms with E-state index in [9.17, 15) is 0 Å². The highest BCUT2D eigenvalue weighted by molar-refractivity contribution is 5.15. The lowest BCUT2D eigenvalue weighted by Gasteiger charge is -2.27.